The molecule has 116 valence electrons. The van der Waals surface area contributed by atoms with Gasteiger partial charge in [0.1, 0.15) is 6.04 Å². The second-order valence-electron chi connectivity index (χ2n) is 4.17. The summed E-state index contributed by atoms with van der Waals surface area (Å²) in [6.07, 6.45) is 0.792. The number of methoxy groups -OCH3 is 1. The van der Waals surface area contributed by atoms with Gasteiger partial charge in [0.05, 0.1) is 20.3 Å². The fourth-order valence-electron chi connectivity index (χ4n) is 1.91. The molecule has 11 heteroatoms. The van der Waals surface area contributed by atoms with Crippen molar-refractivity contribution in [2.24, 2.45) is 0 Å². The van der Waals surface area contributed by atoms with Crippen molar-refractivity contribution in [3.63, 3.8) is 0 Å². The molecule has 2 N–H and O–H groups in total. The number of hydrogen-bond donors (Lipinski definition) is 2. The third-order valence-electron chi connectivity index (χ3n) is 2.92. The first kappa shape index (κ1) is 15.4. The molecule has 21 heavy (non-hydrogen) atoms. The molecule has 0 bridgehead atoms. The number of aromatic amines is 2. The van der Waals surface area contributed by atoms with E-state index in [1.807, 2.05) is 4.98 Å². The number of carbonyl (C=O) groups excluding carboxylic acids is 1. The Morgan fingerprint density at radius 1 is 1.48 bits per heavy atom. The van der Waals surface area contributed by atoms with Crippen LogP contribution in [0.5, 0.6) is 0 Å². The van der Waals surface area contributed by atoms with Crippen LogP contribution in [0.4, 0.5) is 0 Å². The van der Waals surface area contributed by atoms with Gasteiger partial charge in [-0.15, -0.1) is 0 Å². The van der Waals surface area contributed by atoms with E-state index in [9.17, 15) is 22.8 Å². The maximum atomic E-state index is 12.5. The van der Waals surface area contributed by atoms with Crippen LogP contribution in [0.15, 0.2) is 20.7 Å². The largest absolute Gasteiger partial charge is 0.468 e. The molecule has 2 rings (SSSR count). The molecular formula is C10H13N3O7S. The molecule has 0 spiro atoms. The first-order valence-electron chi connectivity index (χ1n) is 5.87. The first-order valence-corrected chi connectivity index (χ1v) is 7.31. The van der Waals surface area contributed by atoms with Gasteiger partial charge in [0, 0.05) is 12.7 Å². The molecule has 0 amide bonds. The SMILES string of the molecule is COC(=O)C1COCCN1S(=O)(=O)c1c[nH]c(=O)[nH]c1=O. The molecule has 0 radical (unpaired) electrons. The minimum absolute atomic E-state index is 0.0774. The molecule has 1 aliphatic rings. The number of aromatic nitrogens is 2. The van der Waals surface area contributed by atoms with Crippen LogP contribution in [0, 0.1) is 0 Å². The summed E-state index contributed by atoms with van der Waals surface area (Å²) in [6.45, 7) is -0.207. The Bertz CT molecular complexity index is 750. The molecular weight excluding hydrogens is 306 g/mol. The molecule has 1 aromatic heterocycles. The summed E-state index contributed by atoms with van der Waals surface area (Å²) in [5, 5.41) is 0. The van der Waals surface area contributed by atoms with Gasteiger partial charge in [0.15, 0.2) is 4.90 Å². The van der Waals surface area contributed by atoms with Crippen LogP contribution in [0.3, 0.4) is 0 Å². The van der Waals surface area contributed by atoms with E-state index in [1.165, 1.54) is 0 Å². The highest BCUT2D eigenvalue weighted by atomic mass is 32.2. The zero-order chi connectivity index (χ0) is 15.6. The van der Waals surface area contributed by atoms with E-state index in [4.69, 9.17) is 4.74 Å². The van der Waals surface area contributed by atoms with Crippen LogP contribution in [-0.2, 0) is 24.3 Å². The summed E-state index contributed by atoms with van der Waals surface area (Å²) in [6, 6.07) is -1.18. The molecule has 1 saturated heterocycles. The van der Waals surface area contributed by atoms with Crippen LogP contribution in [0.1, 0.15) is 0 Å². The molecule has 1 atom stereocenters. The van der Waals surface area contributed by atoms with Gasteiger partial charge >= 0.3 is 11.7 Å². The Morgan fingerprint density at radius 3 is 2.81 bits per heavy atom. The average Bonchev–Trinajstić information content (AvgIpc) is 2.46. The lowest BCUT2D eigenvalue weighted by Gasteiger charge is -2.32. The van der Waals surface area contributed by atoms with Crippen molar-refractivity contribution in [1.29, 1.82) is 0 Å². The molecule has 10 nitrogen and oxygen atoms in total. The number of carbonyl (C=O) groups is 1. The normalized spacial score (nSPS) is 20.1. The van der Waals surface area contributed by atoms with Gasteiger partial charge < -0.3 is 14.5 Å². The van der Waals surface area contributed by atoms with Gasteiger partial charge in [-0.25, -0.2) is 13.2 Å². The van der Waals surface area contributed by atoms with Gasteiger partial charge in [-0.05, 0) is 0 Å². The number of ether oxygens (including phenoxy) is 2. The molecule has 1 aliphatic heterocycles. The van der Waals surface area contributed by atoms with E-state index >= 15 is 0 Å². The van der Waals surface area contributed by atoms with Gasteiger partial charge in [0.2, 0.25) is 0 Å². The van der Waals surface area contributed by atoms with Crippen molar-refractivity contribution < 1.29 is 22.7 Å². The number of esters is 1. The molecule has 1 fully saturated rings. The Morgan fingerprint density at radius 2 is 2.19 bits per heavy atom. The quantitative estimate of drug-likeness (QED) is 0.593. The standard InChI is InChI=1S/C10H13N3O7S/c1-19-9(15)6-5-20-3-2-13(6)21(17,18)7-4-11-10(16)12-8(7)14/h4,6H,2-3,5H2,1H3,(H2,11,12,14,16). The van der Waals surface area contributed by atoms with Gasteiger partial charge in [-0.3, -0.25) is 14.6 Å². The minimum Gasteiger partial charge on any atom is -0.468 e. The first-order chi connectivity index (χ1) is 9.87. The van der Waals surface area contributed by atoms with E-state index in [1.54, 1.807) is 0 Å². The third-order valence-corrected chi connectivity index (χ3v) is 4.84. The zero-order valence-electron chi connectivity index (χ0n) is 11.0. The maximum absolute atomic E-state index is 12.5. The molecule has 0 aromatic carbocycles. The van der Waals surface area contributed by atoms with Crippen LogP contribution in [0.25, 0.3) is 0 Å². The number of morpholine rings is 1. The number of rotatable bonds is 3. The zero-order valence-corrected chi connectivity index (χ0v) is 11.8. The number of H-pyrrole nitrogens is 2. The predicted octanol–water partition coefficient (Wildman–Crippen LogP) is -2.37. The Hall–Kier alpha value is -1.98. The van der Waals surface area contributed by atoms with E-state index in [2.05, 4.69) is 9.72 Å². The second kappa shape index (κ2) is 5.79. The fraction of sp³-hybridized carbons (Fsp3) is 0.500. The summed E-state index contributed by atoms with van der Waals surface area (Å²) in [5.74, 6) is -0.792. The van der Waals surface area contributed by atoms with Gasteiger partial charge in [-0.1, -0.05) is 0 Å². The predicted molar refractivity (Wildman–Crippen MR) is 68.2 cm³/mol. The smallest absolute Gasteiger partial charge is 0.326 e. The van der Waals surface area contributed by atoms with Gasteiger partial charge in [-0.2, -0.15) is 4.31 Å². The number of nitrogens with one attached hydrogen (secondary N) is 2. The minimum atomic E-state index is -4.28. The van der Waals surface area contributed by atoms with Crippen LogP contribution in [-0.4, -0.2) is 61.6 Å². The Labute approximate surface area is 118 Å². The molecule has 1 aromatic rings. The summed E-state index contributed by atoms with van der Waals surface area (Å²) < 4.78 is 35.4. The lowest BCUT2D eigenvalue weighted by atomic mass is 10.3. The van der Waals surface area contributed by atoms with Crippen molar-refractivity contribution >= 4 is 16.0 Å². The Balaban J connectivity index is 2.48. The highest BCUT2D eigenvalue weighted by molar-refractivity contribution is 7.89. The van der Waals surface area contributed by atoms with Crippen molar-refractivity contribution in [1.82, 2.24) is 14.3 Å². The molecule has 2 heterocycles. The van der Waals surface area contributed by atoms with Crippen LogP contribution >= 0.6 is 0 Å². The second-order valence-corrected chi connectivity index (χ2v) is 6.02. The lowest BCUT2D eigenvalue weighted by molar-refractivity contribution is -0.149. The fourth-order valence-corrected chi connectivity index (χ4v) is 3.46. The molecule has 0 aliphatic carbocycles. The summed E-state index contributed by atoms with van der Waals surface area (Å²) in [5.41, 5.74) is -1.89. The maximum Gasteiger partial charge on any atom is 0.326 e. The number of nitrogens with zero attached hydrogens (tertiary/aromatic N) is 1. The number of sulfonamides is 1. The van der Waals surface area contributed by atoms with E-state index in [0.29, 0.717) is 0 Å². The van der Waals surface area contributed by atoms with E-state index in [-0.39, 0.29) is 19.8 Å². The summed E-state index contributed by atoms with van der Waals surface area (Å²) >= 11 is 0. The van der Waals surface area contributed by atoms with Crippen molar-refractivity contribution in [3.05, 3.63) is 27.0 Å². The van der Waals surface area contributed by atoms with Gasteiger partial charge in [0.25, 0.3) is 15.6 Å². The van der Waals surface area contributed by atoms with Crippen LogP contribution in [0.2, 0.25) is 0 Å². The highest BCUT2D eigenvalue weighted by Gasteiger charge is 2.40. The highest BCUT2D eigenvalue weighted by Crippen LogP contribution is 2.18. The van der Waals surface area contributed by atoms with Crippen LogP contribution < -0.4 is 11.2 Å². The van der Waals surface area contributed by atoms with E-state index < -0.39 is 38.2 Å². The lowest BCUT2D eigenvalue weighted by Crippen LogP contribution is -2.53. The van der Waals surface area contributed by atoms with Crippen molar-refractivity contribution in [2.75, 3.05) is 26.9 Å². The third kappa shape index (κ3) is 2.89. The summed E-state index contributed by atoms with van der Waals surface area (Å²) in [4.78, 5) is 37.5. The Kier molecular flexibility index (Phi) is 4.25. The van der Waals surface area contributed by atoms with Crippen molar-refractivity contribution in [2.45, 2.75) is 10.9 Å². The monoisotopic (exact) mass is 319 g/mol. The topological polar surface area (TPSA) is 139 Å². The van der Waals surface area contributed by atoms with E-state index in [0.717, 1.165) is 17.6 Å². The molecule has 1 unspecified atom stereocenters. The molecule has 0 saturated carbocycles. The average molecular weight is 319 g/mol. The number of hydrogen-bond acceptors (Lipinski definition) is 7. The van der Waals surface area contributed by atoms with Crippen molar-refractivity contribution in [3.8, 4) is 0 Å². The summed E-state index contributed by atoms with van der Waals surface area (Å²) in [7, 11) is -3.16.